The molecule has 0 spiro atoms. The van der Waals surface area contributed by atoms with Gasteiger partial charge in [-0.2, -0.15) is 4.90 Å². The van der Waals surface area contributed by atoms with Gasteiger partial charge >= 0.3 is 18.2 Å². The molecule has 0 fully saturated rings. The van der Waals surface area contributed by atoms with Crippen molar-refractivity contribution in [1.29, 1.82) is 0 Å². The Morgan fingerprint density at radius 3 is 1.93 bits per heavy atom. The van der Waals surface area contributed by atoms with Gasteiger partial charge in [-0.25, -0.2) is 23.9 Å². The van der Waals surface area contributed by atoms with Crippen molar-refractivity contribution in [3.05, 3.63) is 18.1 Å². The lowest BCUT2D eigenvalue weighted by molar-refractivity contribution is 0.0428. The summed E-state index contributed by atoms with van der Waals surface area (Å²) in [4.78, 5) is 43.0. The molecule has 2 amide bonds. The SMILES string of the molecule is COC(=O)c1c(N(C(=O)OC(C)(C)C)C(=O)OC(C)(C)C)nn2cncc(OC)c12. The molecule has 0 N–H and O–H groups in total. The fourth-order valence-electron chi connectivity index (χ4n) is 2.43. The summed E-state index contributed by atoms with van der Waals surface area (Å²) in [6.07, 6.45) is 0.503. The van der Waals surface area contributed by atoms with Crippen molar-refractivity contribution >= 4 is 29.5 Å². The van der Waals surface area contributed by atoms with E-state index < -0.39 is 29.4 Å². The van der Waals surface area contributed by atoms with Gasteiger partial charge in [0, 0.05) is 0 Å². The number of aromatic nitrogens is 3. The molecule has 0 aromatic carbocycles. The number of esters is 1. The smallest absolute Gasteiger partial charge is 0.425 e. The van der Waals surface area contributed by atoms with E-state index in [2.05, 4.69) is 10.1 Å². The minimum Gasteiger partial charge on any atom is -0.493 e. The topological polar surface area (TPSA) is 122 Å². The van der Waals surface area contributed by atoms with Gasteiger partial charge in [-0.05, 0) is 41.5 Å². The minimum atomic E-state index is -1.07. The Bertz CT molecular complexity index is 942. The van der Waals surface area contributed by atoms with Gasteiger partial charge in [0.15, 0.2) is 11.6 Å². The summed E-state index contributed by atoms with van der Waals surface area (Å²) in [5, 5.41) is 4.19. The summed E-state index contributed by atoms with van der Waals surface area (Å²) < 4.78 is 22.0. The monoisotopic (exact) mass is 422 g/mol. The summed E-state index contributed by atoms with van der Waals surface area (Å²) in [5.41, 5.74) is -1.89. The van der Waals surface area contributed by atoms with Crippen LogP contribution in [0, 0.1) is 0 Å². The number of amides is 2. The van der Waals surface area contributed by atoms with Gasteiger partial charge in [0.25, 0.3) is 0 Å². The van der Waals surface area contributed by atoms with Crippen LogP contribution in [0.15, 0.2) is 12.5 Å². The number of carbonyl (C=O) groups excluding carboxylic acids is 3. The number of carbonyl (C=O) groups is 3. The van der Waals surface area contributed by atoms with Crippen molar-refractivity contribution in [1.82, 2.24) is 14.6 Å². The van der Waals surface area contributed by atoms with E-state index >= 15 is 0 Å². The van der Waals surface area contributed by atoms with Crippen molar-refractivity contribution in [2.45, 2.75) is 52.7 Å². The van der Waals surface area contributed by atoms with Crippen molar-refractivity contribution < 1.29 is 33.3 Å². The van der Waals surface area contributed by atoms with Crippen LogP contribution in [-0.2, 0) is 14.2 Å². The average Bonchev–Trinajstić information content (AvgIpc) is 2.96. The van der Waals surface area contributed by atoms with E-state index in [4.69, 9.17) is 18.9 Å². The maximum absolute atomic E-state index is 12.9. The van der Waals surface area contributed by atoms with Crippen LogP contribution in [0.25, 0.3) is 5.52 Å². The third-order valence-electron chi connectivity index (χ3n) is 3.47. The molecule has 0 saturated carbocycles. The standard InChI is InChI=1S/C19H26N4O7/c1-18(2,3)29-16(25)23(17(26)30-19(4,5)6)14-12(15(24)28-8)13-11(27-7)9-20-10-22(13)21-14/h9-10H,1-8H3. The Labute approximate surface area is 173 Å². The van der Waals surface area contributed by atoms with Gasteiger partial charge < -0.3 is 18.9 Å². The molecule has 11 heteroatoms. The molecule has 0 unspecified atom stereocenters. The highest BCUT2D eigenvalue weighted by Crippen LogP contribution is 2.32. The first-order valence-corrected chi connectivity index (χ1v) is 9.03. The fourth-order valence-corrected chi connectivity index (χ4v) is 2.43. The Hall–Kier alpha value is -3.37. The number of methoxy groups -OCH3 is 2. The molecule has 0 aliphatic heterocycles. The van der Waals surface area contributed by atoms with Gasteiger partial charge in [-0.1, -0.05) is 0 Å². The largest absolute Gasteiger partial charge is 0.493 e. The molecule has 2 aromatic heterocycles. The highest BCUT2D eigenvalue weighted by molar-refractivity contribution is 6.15. The van der Waals surface area contributed by atoms with Crippen molar-refractivity contribution in [2.24, 2.45) is 0 Å². The highest BCUT2D eigenvalue weighted by atomic mass is 16.6. The Kier molecular flexibility index (Phi) is 6.24. The molecule has 2 rings (SSSR count). The number of anilines is 1. The lowest BCUT2D eigenvalue weighted by Gasteiger charge is -2.27. The Morgan fingerprint density at radius 1 is 0.967 bits per heavy atom. The molecular formula is C19H26N4O7. The van der Waals surface area contributed by atoms with E-state index in [0.29, 0.717) is 4.90 Å². The zero-order chi connectivity index (χ0) is 22.9. The van der Waals surface area contributed by atoms with E-state index in [-0.39, 0.29) is 22.6 Å². The maximum Gasteiger partial charge on any atom is 0.425 e. The average molecular weight is 422 g/mol. The first-order chi connectivity index (χ1) is 13.8. The molecule has 2 heterocycles. The molecule has 0 aliphatic carbocycles. The van der Waals surface area contributed by atoms with E-state index in [9.17, 15) is 14.4 Å². The van der Waals surface area contributed by atoms with Crippen LogP contribution in [-0.4, -0.2) is 58.2 Å². The Morgan fingerprint density at radius 2 is 1.50 bits per heavy atom. The normalized spacial score (nSPS) is 11.7. The third kappa shape index (κ3) is 4.97. The van der Waals surface area contributed by atoms with Crippen LogP contribution < -0.4 is 9.64 Å². The summed E-state index contributed by atoms with van der Waals surface area (Å²) >= 11 is 0. The molecule has 164 valence electrons. The second kappa shape index (κ2) is 8.17. The molecule has 0 bridgehead atoms. The Balaban J connectivity index is 2.77. The molecule has 0 saturated heterocycles. The van der Waals surface area contributed by atoms with Gasteiger partial charge in [-0.15, -0.1) is 5.10 Å². The van der Waals surface area contributed by atoms with Gasteiger partial charge in [0.1, 0.15) is 28.6 Å². The van der Waals surface area contributed by atoms with Crippen LogP contribution in [0.5, 0.6) is 5.75 Å². The summed E-state index contributed by atoms with van der Waals surface area (Å²) in [6, 6.07) is 0. The second-order valence-electron chi connectivity index (χ2n) is 8.24. The molecule has 0 radical (unpaired) electrons. The van der Waals surface area contributed by atoms with Gasteiger partial charge in [0.2, 0.25) is 0 Å². The van der Waals surface area contributed by atoms with Crippen LogP contribution in [0.3, 0.4) is 0 Å². The zero-order valence-electron chi connectivity index (χ0n) is 18.3. The minimum absolute atomic E-state index is 0.159. The lowest BCUT2D eigenvalue weighted by atomic mass is 10.2. The second-order valence-corrected chi connectivity index (χ2v) is 8.24. The van der Waals surface area contributed by atoms with E-state index in [1.54, 1.807) is 41.5 Å². The number of hydrogen-bond acceptors (Lipinski definition) is 9. The van der Waals surface area contributed by atoms with E-state index in [0.717, 1.165) is 7.11 Å². The van der Waals surface area contributed by atoms with E-state index in [1.165, 1.54) is 24.1 Å². The molecule has 11 nitrogen and oxygen atoms in total. The zero-order valence-corrected chi connectivity index (χ0v) is 18.3. The first-order valence-electron chi connectivity index (χ1n) is 9.03. The van der Waals surface area contributed by atoms with Gasteiger partial charge in [-0.3, -0.25) is 0 Å². The molecule has 30 heavy (non-hydrogen) atoms. The predicted molar refractivity (Wildman–Crippen MR) is 106 cm³/mol. The molecule has 2 aromatic rings. The van der Waals surface area contributed by atoms with Crippen LogP contribution in [0.4, 0.5) is 15.4 Å². The quantitative estimate of drug-likeness (QED) is 0.542. The van der Waals surface area contributed by atoms with Crippen molar-refractivity contribution in [2.75, 3.05) is 19.1 Å². The summed E-state index contributed by atoms with van der Waals surface area (Å²) in [7, 11) is 2.54. The van der Waals surface area contributed by atoms with Crippen LogP contribution >= 0.6 is 0 Å². The van der Waals surface area contributed by atoms with Crippen LogP contribution in [0.2, 0.25) is 0 Å². The number of hydrogen-bond donors (Lipinski definition) is 0. The number of nitrogens with zero attached hydrogens (tertiary/aromatic N) is 4. The molecule has 0 atom stereocenters. The van der Waals surface area contributed by atoms with Crippen molar-refractivity contribution in [3.8, 4) is 5.75 Å². The number of fused-ring (bicyclic) bond motifs is 1. The summed E-state index contributed by atoms with van der Waals surface area (Å²) in [6.45, 7) is 9.81. The summed E-state index contributed by atoms with van der Waals surface area (Å²) in [5.74, 6) is -0.997. The lowest BCUT2D eigenvalue weighted by Crippen LogP contribution is -2.44. The van der Waals surface area contributed by atoms with Crippen molar-refractivity contribution in [3.63, 3.8) is 0 Å². The first kappa shape index (κ1) is 22.9. The predicted octanol–water partition coefficient (Wildman–Crippen LogP) is 3.20. The molecular weight excluding hydrogens is 396 g/mol. The number of ether oxygens (including phenoxy) is 4. The number of imide groups is 1. The maximum atomic E-state index is 12.9. The highest BCUT2D eigenvalue weighted by Gasteiger charge is 2.39. The van der Waals surface area contributed by atoms with Gasteiger partial charge in [0.05, 0.1) is 20.4 Å². The fraction of sp³-hybridized carbons (Fsp3) is 0.526. The number of rotatable bonds is 3. The molecule has 0 aliphatic rings. The third-order valence-corrected chi connectivity index (χ3v) is 3.47. The van der Waals surface area contributed by atoms with Crippen LogP contribution in [0.1, 0.15) is 51.9 Å². The van der Waals surface area contributed by atoms with E-state index in [1.807, 2.05) is 0 Å².